The Balaban J connectivity index is 1.79. The van der Waals surface area contributed by atoms with E-state index in [1.54, 1.807) is 37.3 Å². The molecule has 4 rings (SSSR count). The fourth-order valence-electron chi connectivity index (χ4n) is 6.40. The molecule has 1 aromatic rings. The minimum atomic E-state index is -1.78. The monoisotopic (exact) mass is 446 g/mol. The Morgan fingerprint density at radius 2 is 1.84 bits per heavy atom. The van der Waals surface area contributed by atoms with Crippen LogP contribution < -0.4 is 0 Å². The quantitative estimate of drug-likeness (QED) is 0.533. The summed E-state index contributed by atoms with van der Waals surface area (Å²) in [5.74, 6) is -1.78. The van der Waals surface area contributed by atoms with Crippen molar-refractivity contribution in [2.75, 3.05) is 6.61 Å². The van der Waals surface area contributed by atoms with E-state index in [1.807, 2.05) is 6.92 Å². The van der Waals surface area contributed by atoms with Gasteiger partial charge in [-0.15, -0.1) is 0 Å². The first kappa shape index (κ1) is 22.7. The molecule has 2 bridgehead atoms. The zero-order chi connectivity index (χ0) is 23.5. The van der Waals surface area contributed by atoms with Gasteiger partial charge < -0.3 is 24.4 Å². The number of hydrogen-bond donors (Lipinski definition) is 2. The molecule has 8 heteroatoms. The molecule has 2 N–H and O–H groups in total. The summed E-state index contributed by atoms with van der Waals surface area (Å²) in [5.41, 5.74) is -5.64. The van der Waals surface area contributed by atoms with Gasteiger partial charge in [0.25, 0.3) is 0 Å². The maximum atomic E-state index is 12.7. The third-order valence-electron chi connectivity index (χ3n) is 8.41. The maximum absolute atomic E-state index is 12.7. The minimum absolute atomic E-state index is 0.0722. The molecular formula is C24H30O8. The van der Waals surface area contributed by atoms with E-state index >= 15 is 0 Å². The molecule has 0 aromatic heterocycles. The molecule has 1 saturated heterocycles. The van der Waals surface area contributed by atoms with Crippen LogP contribution in [0, 0.1) is 16.7 Å². The lowest BCUT2D eigenvalue weighted by atomic mass is 9.44. The molecule has 0 radical (unpaired) electrons. The highest BCUT2D eigenvalue weighted by atomic mass is 16.6. The van der Waals surface area contributed by atoms with Crippen molar-refractivity contribution >= 4 is 17.9 Å². The third-order valence-corrected chi connectivity index (χ3v) is 8.41. The summed E-state index contributed by atoms with van der Waals surface area (Å²) >= 11 is 0. The Kier molecular flexibility index (Phi) is 5.17. The molecule has 2 saturated carbocycles. The molecule has 32 heavy (non-hydrogen) atoms. The van der Waals surface area contributed by atoms with Crippen molar-refractivity contribution in [3.05, 3.63) is 35.9 Å². The smallest absolute Gasteiger partial charge is 0.338 e. The van der Waals surface area contributed by atoms with Crippen LogP contribution in [0.2, 0.25) is 0 Å². The minimum Gasteiger partial charge on any atom is -0.461 e. The van der Waals surface area contributed by atoms with E-state index in [-0.39, 0.29) is 25.4 Å². The van der Waals surface area contributed by atoms with Crippen LogP contribution in [0.25, 0.3) is 0 Å². The van der Waals surface area contributed by atoms with Crippen molar-refractivity contribution in [2.24, 2.45) is 16.7 Å². The third kappa shape index (κ3) is 2.85. The zero-order valence-corrected chi connectivity index (χ0v) is 18.8. The SMILES string of the molecule is CC(=O)OC1CC23CC(=O)OC(CC2C)C3(O)C(C)(COC(=O)c2ccccc2)C1(C)O. The van der Waals surface area contributed by atoms with Crippen LogP contribution in [0.4, 0.5) is 0 Å². The van der Waals surface area contributed by atoms with Crippen LogP contribution in [0.5, 0.6) is 0 Å². The molecule has 1 aliphatic heterocycles. The topological polar surface area (TPSA) is 119 Å². The Labute approximate surface area is 186 Å². The maximum Gasteiger partial charge on any atom is 0.338 e. The highest BCUT2D eigenvalue weighted by Crippen LogP contribution is 2.70. The van der Waals surface area contributed by atoms with Crippen LogP contribution in [0.3, 0.4) is 0 Å². The van der Waals surface area contributed by atoms with Gasteiger partial charge in [0, 0.05) is 12.3 Å². The van der Waals surface area contributed by atoms with E-state index in [9.17, 15) is 24.6 Å². The molecule has 0 amide bonds. The number of carbonyl (C=O) groups excluding carboxylic acids is 3. The Morgan fingerprint density at radius 1 is 1.19 bits per heavy atom. The van der Waals surface area contributed by atoms with E-state index in [0.717, 1.165) is 0 Å². The van der Waals surface area contributed by atoms with E-state index in [1.165, 1.54) is 13.8 Å². The average Bonchev–Trinajstić information content (AvgIpc) is 2.84. The first-order chi connectivity index (χ1) is 14.9. The molecule has 7 atom stereocenters. The number of benzene rings is 1. The van der Waals surface area contributed by atoms with Gasteiger partial charge in [0.05, 0.1) is 17.4 Å². The van der Waals surface area contributed by atoms with Gasteiger partial charge in [-0.2, -0.15) is 0 Å². The molecule has 174 valence electrons. The van der Waals surface area contributed by atoms with Crippen LogP contribution in [-0.4, -0.2) is 58.1 Å². The van der Waals surface area contributed by atoms with E-state index in [2.05, 4.69) is 0 Å². The van der Waals surface area contributed by atoms with Crippen molar-refractivity contribution in [3.8, 4) is 0 Å². The second-order valence-electron chi connectivity index (χ2n) is 9.94. The van der Waals surface area contributed by atoms with Crippen molar-refractivity contribution < 1.29 is 38.8 Å². The van der Waals surface area contributed by atoms with E-state index in [4.69, 9.17) is 14.2 Å². The highest BCUT2D eigenvalue weighted by Gasteiger charge is 2.82. The standard InChI is InChI=1S/C24H30O8/c1-14-10-17-24(29)21(3,13-30-20(27)16-8-6-5-7-9-16)22(4,28)18(31-15(2)25)11-23(14,24)12-19(26)32-17/h5-9,14,17-18,28-29H,10-13H2,1-4H3. The van der Waals surface area contributed by atoms with Gasteiger partial charge >= 0.3 is 17.9 Å². The summed E-state index contributed by atoms with van der Waals surface area (Å²) < 4.78 is 16.7. The molecular weight excluding hydrogens is 416 g/mol. The van der Waals surface area contributed by atoms with Crippen molar-refractivity contribution in [2.45, 2.75) is 70.4 Å². The van der Waals surface area contributed by atoms with Gasteiger partial charge in [-0.25, -0.2) is 4.79 Å². The molecule has 3 fully saturated rings. The summed E-state index contributed by atoms with van der Waals surface area (Å²) in [5, 5.41) is 24.0. The van der Waals surface area contributed by atoms with Crippen LogP contribution in [-0.2, 0) is 23.8 Å². The number of carbonyl (C=O) groups is 3. The van der Waals surface area contributed by atoms with Gasteiger partial charge in [0.15, 0.2) is 0 Å². The van der Waals surface area contributed by atoms with Gasteiger partial charge in [-0.1, -0.05) is 32.0 Å². The Bertz CT molecular complexity index is 943. The van der Waals surface area contributed by atoms with Gasteiger partial charge in [0.2, 0.25) is 0 Å². The van der Waals surface area contributed by atoms with Gasteiger partial charge in [-0.05, 0) is 37.8 Å². The van der Waals surface area contributed by atoms with Gasteiger partial charge in [0.1, 0.15) is 30.0 Å². The highest BCUT2D eigenvalue weighted by molar-refractivity contribution is 5.89. The normalized spacial score (nSPS) is 42.6. The lowest BCUT2D eigenvalue weighted by Crippen LogP contribution is -2.79. The van der Waals surface area contributed by atoms with E-state index < -0.39 is 52.1 Å². The van der Waals surface area contributed by atoms with Crippen LogP contribution in [0.15, 0.2) is 30.3 Å². The molecule has 7 unspecified atom stereocenters. The molecule has 8 nitrogen and oxygen atoms in total. The molecule has 2 aliphatic carbocycles. The predicted molar refractivity (Wildman–Crippen MR) is 111 cm³/mol. The number of hydrogen-bond acceptors (Lipinski definition) is 8. The molecule has 3 aliphatic rings. The number of ether oxygens (including phenoxy) is 3. The summed E-state index contributed by atoms with van der Waals surface area (Å²) in [4.78, 5) is 37.0. The number of esters is 3. The zero-order valence-electron chi connectivity index (χ0n) is 18.8. The summed E-state index contributed by atoms with van der Waals surface area (Å²) in [6.45, 7) is 5.90. The first-order valence-electron chi connectivity index (χ1n) is 10.9. The summed E-state index contributed by atoms with van der Waals surface area (Å²) in [6, 6.07) is 8.40. The second-order valence-corrected chi connectivity index (χ2v) is 9.94. The second kappa shape index (κ2) is 7.28. The van der Waals surface area contributed by atoms with Crippen LogP contribution >= 0.6 is 0 Å². The largest absolute Gasteiger partial charge is 0.461 e. The van der Waals surface area contributed by atoms with Crippen molar-refractivity contribution in [1.82, 2.24) is 0 Å². The first-order valence-corrected chi connectivity index (χ1v) is 10.9. The Hall–Kier alpha value is -2.45. The summed E-state index contributed by atoms with van der Waals surface area (Å²) in [7, 11) is 0. The molecule has 0 spiro atoms. The molecule has 1 heterocycles. The average molecular weight is 446 g/mol. The predicted octanol–water partition coefficient (Wildman–Crippen LogP) is 2.01. The fraction of sp³-hybridized carbons (Fsp3) is 0.625. The van der Waals surface area contributed by atoms with Crippen LogP contribution in [0.1, 0.15) is 57.3 Å². The number of aliphatic hydroxyl groups is 2. The number of rotatable bonds is 4. The lowest BCUT2D eigenvalue weighted by Gasteiger charge is -2.66. The van der Waals surface area contributed by atoms with Crippen molar-refractivity contribution in [3.63, 3.8) is 0 Å². The summed E-state index contributed by atoms with van der Waals surface area (Å²) in [6.07, 6.45) is -1.45. The molecule has 1 aromatic carbocycles. The Morgan fingerprint density at radius 3 is 2.47 bits per heavy atom. The lowest BCUT2D eigenvalue weighted by molar-refractivity contribution is -0.335. The van der Waals surface area contributed by atoms with Gasteiger partial charge in [-0.3, -0.25) is 9.59 Å². The fourth-order valence-corrected chi connectivity index (χ4v) is 6.40. The van der Waals surface area contributed by atoms with Crippen molar-refractivity contribution in [1.29, 1.82) is 0 Å². The van der Waals surface area contributed by atoms with E-state index in [0.29, 0.717) is 12.0 Å².